The zero-order valence-corrected chi connectivity index (χ0v) is 29.1. The van der Waals surface area contributed by atoms with E-state index < -0.39 is 65.4 Å². The SMILES string of the molecule is CC(C)(O)C1CC[C@@](C)([C@@]2(C)CC[C@]3(CO[C@@H]4O[C@H](CO)[C@@H](O)[C@H](O)[C@H]4O)C4CCC5C(C)(C)C(O)CC[C@]5(C)C4C[C@H](O)[C@H]32)O1. The quantitative estimate of drug-likeness (QED) is 0.226. The van der Waals surface area contributed by atoms with Crippen LogP contribution in [-0.2, 0) is 14.2 Å². The first-order valence-corrected chi connectivity index (χ1v) is 18.0. The molecule has 4 aliphatic carbocycles. The number of hydrogen-bond acceptors (Lipinski definition) is 10. The lowest BCUT2D eigenvalue weighted by molar-refractivity contribution is -0.317. The molecule has 2 heterocycles. The highest BCUT2D eigenvalue weighted by molar-refractivity contribution is 5.21. The molecule has 0 radical (unpaired) electrons. The van der Waals surface area contributed by atoms with Crippen molar-refractivity contribution in [3.05, 3.63) is 0 Å². The van der Waals surface area contributed by atoms with E-state index >= 15 is 0 Å². The molecule has 2 saturated heterocycles. The standard InChI is InChI=1S/C36H62O10/c1-31(2)23-9-8-19-20(33(23,5)12-10-24(31)39)16-21(38)29-34(6,35(7)13-11-25(46-35)32(3,4)43)14-15-36(19,29)18-44-30-28(42)27(41)26(40)22(17-37)45-30/h19-30,37-43H,8-18H2,1-7H3/t19?,20?,21-,22+,23?,24?,25?,26+,27-,28+,29-,30+,33+,34-,35-,36-/m0/s1. The molecule has 4 saturated carbocycles. The molecule has 46 heavy (non-hydrogen) atoms. The largest absolute Gasteiger partial charge is 0.394 e. The number of aliphatic hydroxyl groups is 7. The van der Waals surface area contributed by atoms with Gasteiger partial charge in [-0.05, 0) is 107 Å². The van der Waals surface area contributed by atoms with Gasteiger partial charge in [0.1, 0.15) is 24.4 Å². The molecular formula is C36H62O10. The average Bonchev–Trinajstić information content (AvgIpc) is 3.55. The maximum Gasteiger partial charge on any atom is 0.186 e. The second-order valence-corrected chi connectivity index (χ2v) is 18.2. The molecule has 266 valence electrons. The first-order chi connectivity index (χ1) is 21.3. The maximum absolute atomic E-state index is 12.5. The van der Waals surface area contributed by atoms with Crippen molar-refractivity contribution in [3.63, 3.8) is 0 Å². The Morgan fingerprint density at radius 3 is 2.13 bits per heavy atom. The summed E-state index contributed by atoms with van der Waals surface area (Å²) in [7, 11) is 0. The molecule has 10 heteroatoms. The highest BCUT2D eigenvalue weighted by Gasteiger charge is 2.73. The van der Waals surface area contributed by atoms with Gasteiger partial charge in [0, 0.05) is 16.7 Å². The highest BCUT2D eigenvalue weighted by Crippen LogP contribution is 2.74. The Hall–Kier alpha value is -0.400. The predicted octanol–water partition coefficient (Wildman–Crippen LogP) is 2.51. The van der Waals surface area contributed by atoms with Crippen molar-refractivity contribution < 1.29 is 50.0 Å². The van der Waals surface area contributed by atoms with Gasteiger partial charge < -0.3 is 50.0 Å². The maximum atomic E-state index is 12.5. The van der Waals surface area contributed by atoms with E-state index in [0.717, 1.165) is 51.4 Å². The molecule has 7 N–H and O–H groups in total. The van der Waals surface area contributed by atoms with Crippen molar-refractivity contribution in [2.45, 2.75) is 166 Å². The second kappa shape index (κ2) is 11.6. The van der Waals surface area contributed by atoms with Crippen LogP contribution in [-0.4, -0.2) is 109 Å². The Bertz CT molecular complexity index is 1120. The zero-order chi connectivity index (χ0) is 33.8. The molecule has 16 atom stereocenters. The van der Waals surface area contributed by atoms with Gasteiger partial charge in [-0.3, -0.25) is 0 Å². The van der Waals surface area contributed by atoms with Crippen LogP contribution in [0.4, 0.5) is 0 Å². The summed E-state index contributed by atoms with van der Waals surface area (Å²) in [6, 6.07) is 0. The molecule has 6 aliphatic rings. The molecule has 0 aromatic rings. The Morgan fingerprint density at radius 2 is 1.50 bits per heavy atom. The topological polar surface area (TPSA) is 169 Å². The molecule has 6 rings (SSSR count). The fourth-order valence-electron chi connectivity index (χ4n) is 12.5. The number of rotatable bonds is 6. The van der Waals surface area contributed by atoms with Crippen LogP contribution in [0, 0.1) is 45.3 Å². The summed E-state index contributed by atoms with van der Waals surface area (Å²) >= 11 is 0. The third kappa shape index (κ3) is 5.02. The van der Waals surface area contributed by atoms with E-state index in [0.29, 0.717) is 12.3 Å². The number of ether oxygens (including phenoxy) is 3. The summed E-state index contributed by atoms with van der Waals surface area (Å²) < 4.78 is 19.1. The molecular weight excluding hydrogens is 592 g/mol. The summed E-state index contributed by atoms with van der Waals surface area (Å²) in [6.07, 6.45) is -0.833. The molecule has 0 amide bonds. The van der Waals surface area contributed by atoms with E-state index in [2.05, 4.69) is 34.6 Å². The first kappa shape index (κ1) is 35.4. The molecule has 5 unspecified atom stereocenters. The Labute approximate surface area is 274 Å². The highest BCUT2D eigenvalue weighted by atomic mass is 16.7. The van der Waals surface area contributed by atoms with E-state index in [-0.39, 0.29) is 47.4 Å². The molecule has 0 aromatic heterocycles. The van der Waals surface area contributed by atoms with Gasteiger partial charge in [-0.2, -0.15) is 0 Å². The van der Waals surface area contributed by atoms with Crippen molar-refractivity contribution in [2.24, 2.45) is 45.3 Å². The number of hydrogen-bond donors (Lipinski definition) is 7. The summed E-state index contributed by atoms with van der Waals surface area (Å²) in [6.45, 7) is 14.4. The fraction of sp³-hybridized carbons (Fsp3) is 1.00. The Morgan fingerprint density at radius 1 is 0.804 bits per heavy atom. The minimum absolute atomic E-state index is 0.0769. The lowest BCUT2D eigenvalue weighted by Gasteiger charge is -2.67. The lowest BCUT2D eigenvalue weighted by Crippen LogP contribution is -2.66. The third-order valence-corrected chi connectivity index (χ3v) is 15.3. The van der Waals surface area contributed by atoms with Gasteiger partial charge in [-0.25, -0.2) is 0 Å². The monoisotopic (exact) mass is 654 g/mol. The number of aliphatic hydroxyl groups excluding tert-OH is 6. The van der Waals surface area contributed by atoms with Crippen LogP contribution >= 0.6 is 0 Å². The van der Waals surface area contributed by atoms with Gasteiger partial charge >= 0.3 is 0 Å². The third-order valence-electron chi connectivity index (χ3n) is 15.3. The van der Waals surface area contributed by atoms with E-state index in [1.54, 1.807) is 13.8 Å². The smallest absolute Gasteiger partial charge is 0.186 e. The average molecular weight is 655 g/mol. The van der Waals surface area contributed by atoms with Gasteiger partial charge in [0.25, 0.3) is 0 Å². The minimum Gasteiger partial charge on any atom is -0.394 e. The van der Waals surface area contributed by atoms with E-state index in [4.69, 9.17) is 14.2 Å². The van der Waals surface area contributed by atoms with Crippen LogP contribution in [0.1, 0.15) is 106 Å². The summed E-state index contributed by atoms with van der Waals surface area (Å²) in [5.41, 5.74) is -2.82. The Balaban J connectivity index is 1.38. The van der Waals surface area contributed by atoms with Crippen molar-refractivity contribution >= 4 is 0 Å². The first-order valence-electron chi connectivity index (χ1n) is 18.0. The van der Waals surface area contributed by atoms with Crippen LogP contribution in [0.25, 0.3) is 0 Å². The van der Waals surface area contributed by atoms with Crippen molar-refractivity contribution in [1.82, 2.24) is 0 Å². The van der Waals surface area contributed by atoms with Gasteiger partial charge in [0.05, 0.1) is 42.7 Å². The molecule has 0 spiro atoms. The molecule has 0 bridgehead atoms. The van der Waals surface area contributed by atoms with Crippen molar-refractivity contribution in [2.75, 3.05) is 13.2 Å². The van der Waals surface area contributed by atoms with Crippen LogP contribution in [0.15, 0.2) is 0 Å². The van der Waals surface area contributed by atoms with Crippen LogP contribution < -0.4 is 0 Å². The second-order valence-electron chi connectivity index (χ2n) is 18.2. The summed E-state index contributed by atoms with van der Waals surface area (Å²) in [5, 5.41) is 76.1. The van der Waals surface area contributed by atoms with Gasteiger partial charge in [-0.15, -0.1) is 0 Å². The predicted molar refractivity (Wildman–Crippen MR) is 169 cm³/mol. The molecule has 2 aliphatic heterocycles. The summed E-state index contributed by atoms with van der Waals surface area (Å²) in [5.74, 6) is 0.522. The van der Waals surface area contributed by atoms with Gasteiger partial charge in [0.15, 0.2) is 6.29 Å². The van der Waals surface area contributed by atoms with Crippen molar-refractivity contribution in [3.8, 4) is 0 Å². The number of fused-ring (bicyclic) bond motifs is 5. The van der Waals surface area contributed by atoms with Crippen LogP contribution in [0.3, 0.4) is 0 Å². The normalized spacial score (nSPS) is 55.4. The van der Waals surface area contributed by atoms with E-state index in [9.17, 15) is 35.7 Å². The summed E-state index contributed by atoms with van der Waals surface area (Å²) in [4.78, 5) is 0. The Kier molecular flexibility index (Phi) is 8.91. The molecule has 10 nitrogen and oxygen atoms in total. The lowest BCUT2D eigenvalue weighted by atomic mass is 9.39. The fourth-order valence-corrected chi connectivity index (χ4v) is 12.5. The van der Waals surface area contributed by atoms with Crippen LogP contribution in [0.5, 0.6) is 0 Å². The molecule has 0 aromatic carbocycles. The molecule has 6 fully saturated rings. The van der Waals surface area contributed by atoms with E-state index in [1.807, 2.05) is 0 Å². The van der Waals surface area contributed by atoms with Gasteiger partial charge in [-0.1, -0.05) is 27.7 Å². The minimum atomic E-state index is -1.53. The van der Waals surface area contributed by atoms with Gasteiger partial charge in [0.2, 0.25) is 0 Å². The van der Waals surface area contributed by atoms with Crippen LogP contribution in [0.2, 0.25) is 0 Å². The van der Waals surface area contributed by atoms with Crippen molar-refractivity contribution in [1.29, 1.82) is 0 Å². The van der Waals surface area contributed by atoms with E-state index in [1.165, 1.54) is 0 Å². The zero-order valence-electron chi connectivity index (χ0n) is 29.1.